The fourth-order valence-corrected chi connectivity index (χ4v) is 4.61. The first-order valence-electron chi connectivity index (χ1n) is 11.9. The molecular weight excluding hydrogens is 532 g/mol. The predicted octanol–water partition coefficient (Wildman–Crippen LogP) is 7.15. The minimum absolute atomic E-state index is 0. The van der Waals surface area contributed by atoms with Gasteiger partial charge in [0.1, 0.15) is 0 Å². The molecule has 4 aromatic heterocycles. The third kappa shape index (κ3) is 4.47. The Hall–Kier alpha value is -4.08. The molecule has 0 N–H and O–H groups in total. The van der Waals surface area contributed by atoms with Crippen molar-refractivity contribution < 1.29 is 26.2 Å². The third-order valence-electron chi connectivity index (χ3n) is 6.40. The molecule has 37 heavy (non-hydrogen) atoms. The standard InChI is InChI=1S/2C16H10N2.Zr/c2*1-3-7-13-11(5-1)9-15(17-13)16-10-12-6-2-4-8-14(12)18-16;/h2*1-10H;/q2*-2;+4. The summed E-state index contributed by atoms with van der Waals surface area (Å²) in [5.41, 5.74) is 7.91. The van der Waals surface area contributed by atoms with Gasteiger partial charge in [-0.2, -0.15) is 22.8 Å². The van der Waals surface area contributed by atoms with Crippen LogP contribution in [0.4, 0.5) is 0 Å². The monoisotopic (exact) mass is 550 g/mol. The number of rotatable bonds is 2. The van der Waals surface area contributed by atoms with Gasteiger partial charge >= 0.3 is 26.2 Å². The Morgan fingerprint density at radius 1 is 0.297 bits per heavy atom. The molecule has 0 aliphatic rings. The molecule has 172 valence electrons. The number of hydrogen-bond acceptors (Lipinski definition) is 0. The summed E-state index contributed by atoms with van der Waals surface area (Å²) in [4.78, 5) is 18.5. The van der Waals surface area contributed by atoms with Gasteiger partial charge in [0.2, 0.25) is 0 Å². The van der Waals surface area contributed by atoms with Gasteiger partial charge in [-0.05, 0) is 21.5 Å². The van der Waals surface area contributed by atoms with Crippen LogP contribution >= 0.6 is 0 Å². The van der Waals surface area contributed by atoms with E-state index in [1.54, 1.807) is 0 Å². The van der Waals surface area contributed by atoms with Gasteiger partial charge in [-0.15, -0.1) is 22.1 Å². The van der Waals surface area contributed by atoms with Gasteiger partial charge in [-0.3, -0.25) is 0 Å². The molecule has 5 heteroatoms. The van der Waals surface area contributed by atoms with E-state index in [0.29, 0.717) is 0 Å². The summed E-state index contributed by atoms with van der Waals surface area (Å²) in [6.45, 7) is 0. The van der Waals surface area contributed by atoms with E-state index in [0.717, 1.165) is 44.8 Å². The van der Waals surface area contributed by atoms with Crippen molar-refractivity contribution in [3.63, 3.8) is 0 Å². The molecule has 0 bridgehead atoms. The molecule has 0 spiro atoms. The summed E-state index contributed by atoms with van der Waals surface area (Å²) in [7, 11) is 0. The van der Waals surface area contributed by atoms with Gasteiger partial charge in [0.25, 0.3) is 0 Å². The summed E-state index contributed by atoms with van der Waals surface area (Å²) in [6.07, 6.45) is 0. The van der Waals surface area contributed by atoms with E-state index in [1.807, 2.05) is 72.8 Å². The smallest absolute Gasteiger partial charge is 0.658 e. The van der Waals surface area contributed by atoms with Crippen molar-refractivity contribution in [2.45, 2.75) is 0 Å². The molecule has 0 aliphatic carbocycles. The Balaban J connectivity index is 0.000000133. The van der Waals surface area contributed by atoms with Crippen LogP contribution in [0.5, 0.6) is 0 Å². The van der Waals surface area contributed by atoms with Gasteiger partial charge in [-0.1, -0.05) is 121 Å². The van der Waals surface area contributed by atoms with E-state index in [4.69, 9.17) is 0 Å². The van der Waals surface area contributed by atoms with Crippen LogP contribution < -0.4 is 19.9 Å². The van der Waals surface area contributed by atoms with Crippen LogP contribution in [-0.4, -0.2) is 0 Å². The molecule has 0 atom stereocenters. The maximum Gasteiger partial charge on any atom is 4.00 e. The molecule has 4 heterocycles. The molecule has 0 unspecified atom stereocenters. The topological polar surface area (TPSA) is 56.4 Å². The number of benzene rings is 4. The predicted molar refractivity (Wildman–Crippen MR) is 147 cm³/mol. The van der Waals surface area contributed by atoms with Crippen LogP contribution in [0.2, 0.25) is 0 Å². The number of hydrogen-bond donors (Lipinski definition) is 0. The van der Waals surface area contributed by atoms with Gasteiger partial charge in [-0.25, -0.2) is 0 Å². The maximum absolute atomic E-state index is 4.62. The van der Waals surface area contributed by atoms with E-state index < -0.39 is 0 Å². The normalized spacial score (nSPS) is 11.0. The van der Waals surface area contributed by atoms with Crippen molar-refractivity contribution in [2.75, 3.05) is 0 Å². The molecule has 4 aromatic carbocycles. The van der Waals surface area contributed by atoms with Crippen LogP contribution in [0.3, 0.4) is 0 Å². The fraction of sp³-hybridized carbons (Fsp3) is 0. The summed E-state index contributed by atoms with van der Waals surface area (Å²) in [6, 6.07) is 41.0. The van der Waals surface area contributed by atoms with E-state index in [9.17, 15) is 0 Å². The van der Waals surface area contributed by atoms with Crippen LogP contribution in [-0.2, 0) is 26.2 Å². The molecule has 4 nitrogen and oxygen atoms in total. The fourth-order valence-electron chi connectivity index (χ4n) is 4.61. The first kappa shape index (κ1) is 23.3. The van der Waals surface area contributed by atoms with E-state index >= 15 is 0 Å². The van der Waals surface area contributed by atoms with Crippen molar-refractivity contribution in [1.82, 2.24) is 19.9 Å². The number of fused-ring (bicyclic) bond motifs is 4. The molecule has 0 amide bonds. The van der Waals surface area contributed by atoms with Gasteiger partial charge in [0, 0.05) is 0 Å². The van der Waals surface area contributed by atoms with E-state index in [2.05, 4.69) is 68.5 Å². The van der Waals surface area contributed by atoms with Crippen molar-refractivity contribution in [3.8, 4) is 22.8 Å². The molecule has 0 radical (unpaired) electrons. The average Bonchev–Trinajstić information content (AvgIpc) is 3.70. The summed E-state index contributed by atoms with van der Waals surface area (Å²) >= 11 is 0. The zero-order valence-corrected chi connectivity index (χ0v) is 22.3. The Kier molecular flexibility index (Phi) is 6.15. The van der Waals surface area contributed by atoms with Crippen molar-refractivity contribution >= 4 is 43.6 Å². The SMILES string of the molecule is [Zr+4].c1ccc2[n-]c(-c3cc4ccccc4[n-]3)cc2c1.c1ccc2[n-]c(-c3cc4ccccc4[n-]3)cc2c1. The molecule has 0 aliphatic heterocycles. The Bertz CT molecular complexity index is 1550. The van der Waals surface area contributed by atoms with Gasteiger partial charge in [0.05, 0.1) is 0 Å². The zero-order chi connectivity index (χ0) is 23.9. The van der Waals surface area contributed by atoms with E-state index in [-0.39, 0.29) is 26.2 Å². The van der Waals surface area contributed by atoms with Crippen LogP contribution in [0, 0.1) is 0 Å². The third-order valence-corrected chi connectivity index (χ3v) is 6.40. The Morgan fingerprint density at radius 2 is 0.514 bits per heavy atom. The second kappa shape index (κ2) is 9.76. The Labute approximate surface area is 232 Å². The molecular formula is C32H20N4Zr. The molecule has 0 saturated heterocycles. The van der Waals surface area contributed by atoms with Crippen molar-refractivity contribution in [3.05, 3.63) is 121 Å². The quantitative estimate of drug-likeness (QED) is 0.229. The first-order valence-corrected chi connectivity index (χ1v) is 11.9. The molecule has 0 fully saturated rings. The number of para-hydroxylation sites is 4. The second-order valence-corrected chi connectivity index (χ2v) is 8.80. The molecule has 8 aromatic rings. The average molecular weight is 552 g/mol. The maximum atomic E-state index is 4.62. The van der Waals surface area contributed by atoms with E-state index in [1.165, 1.54) is 21.5 Å². The summed E-state index contributed by atoms with van der Waals surface area (Å²) < 4.78 is 0. The summed E-state index contributed by atoms with van der Waals surface area (Å²) in [5.74, 6) is 0. The number of nitrogens with zero attached hydrogens (tertiary/aromatic N) is 4. The van der Waals surface area contributed by atoms with Crippen LogP contribution in [0.15, 0.2) is 121 Å². The van der Waals surface area contributed by atoms with Gasteiger partial charge in [0.15, 0.2) is 0 Å². The molecule has 0 saturated carbocycles. The minimum Gasteiger partial charge on any atom is -0.658 e. The van der Waals surface area contributed by atoms with Crippen LogP contribution in [0.1, 0.15) is 0 Å². The summed E-state index contributed by atoms with van der Waals surface area (Å²) in [5, 5.41) is 4.67. The second-order valence-electron chi connectivity index (χ2n) is 8.80. The number of aromatic nitrogens is 4. The zero-order valence-electron chi connectivity index (χ0n) is 19.8. The largest absolute Gasteiger partial charge is 4.00 e. The van der Waals surface area contributed by atoms with Crippen LogP contribution in [0.25, 0.3) is 66.4 Å². The van der Waals surface area contributed by atoms with Gasteiger partial charge < -0.3 is 19.9 Å². The Morgan fingerprint density at radius 3 is 0.730 bits per heavy atom. The minimum atomic E-state index is 0. The molecule has 8 rings (SSSR count). The first-order chi connectivity index (χ1) is 17.8. The van der Waals surface area contributed by atoms with Crippen molar-refractivity contribution in [1.29, 1.82) is 0 Å². The van der Waals surface area contributed by atoms with Crippen molar-refractivity contribution in [2.24, 2.45) is 0 Å².